The van der Waals surface area contributed by atoms with Gasteiger partial charge in [0.05, 0.1) is 0 Å². The van der Waals surface area contributed by atoms with Crippen LogP contribution >= 0.6 is 27.7 Å². The second-order valence-electron chi connectivity index (χ2n) is 8.06. The summed E-state index contributed by atoms with van der Waals surface area (Å²) < 4.78 is 0.981. The van der Waals surface area contributed by atoms with Gasteiger partial charge in [-0.3, -0.25) is 9.59 Å². The van der Waals surface area contributed by atoms with Gasteiger partial charge in [0.15, 0.2) is 0 Å². The van der Waals surface area contributed by atoms with E-state index in [0.29, 0.717) is 31.7 Å². The molecule has 0 aromatic heterocycles. The third-order valence-corrected chi connectivity index (χ3v) is 6.96. The van der Waals surface area contributed by atoms with Crippen LogP contribution in [0, 0.1) is 0 Å². The molecule has 0 aliphatic rings. The Morgan fingerprint density at radius 1 is 0.912 bits per heavy atom. The lowest BCUT2D eigenvalue weighted by molar-refractivity contribution is -0.141. The molecule has 2 amide bonds. The third kappa shape index (κ3) is 8.33. The van der Waals surface area contributed by atoms with Crippen LogP contribution < -0.4 is 5.32 Å². The first-order chi connectivity index (χ1) is 16.6. The number of carbonyl (C=O) groups excluding carboxylic acids is 2. The quantitative estimate of drug-likeness (QED) is 0.283. The first-order valence-electron chi connectivity index (χ1n) is 11.6. The van der Waals surface area contributed by atoms with Crippen molar-refractivity contribution in [3.8, 4) is 0 Å². The molecule has 3 aromatic carbocycles. The zero-order valence-corrected chi connectivity index (χ0v) is 21.9. The summed E-state index contributed by atoms with van der Waals surface area (Å²) >= 11 is 5.13. The van der Waals surface area contributed by atoms with E-state index in [2.05, 4.69) is 21.2 Å². The van der Waals surface area contributed by atoms with E-state index in [0.717, 1.165) is 26.9 Å². The second-order valence-corrected chi connectivity index (χ2v) is 10.1. The Labute approximate surface area is 215 Å². The standard InChI is InChI=1S/C28H31BrN2O2S/c1-2-18-30-28(33)26(20-22-9-5-3-6-10-22)31(21-23-13-15-24(29)16-14-23)27(32)17-19-34-25-11-7-4-8-12-25/h3-16,26H,2,17-21H2,1H3,(H,30,33)/t26-/m0/s1. The maximum Gasteiger partial charge on any atom is 0.243 e. The van der Waals surface area contributed by atoms with Crippen LogP contribution in [0.1, 0.15) is 30.9 Å². The van der Waals surface area contributed by atoms with Crippen molar-refractivity contribution < 1.29 is 9.59 Å². The molecule has 0 saturated heterocycles. The molecule has 1 N–H and O–H groups in total. The van der Waals surface area contributed by atoms with Gasteiger partial charge in [-0.15, -0.1) is 11.8 Å². The average molecular weight is 540 g/mol. The lowest BCUT2D eigenvalue weighted by Crippen LogP contribution is -2.50. The van der Waals surface area contributed by atoms with Crippen LogP contribution in [0.25, 0.3) is 0 Å². The Bertz CT molecular complexity index is 1030. The van der Waals surface area contributed by atoms with Crippen molar-refractivity contribution >= 4 is 39.5 Å². The minimum Gasteiger partial charge on any atom is -0.354 e. The van der Waals surface area contributed by atoms with Crippen LogP contribution in [0.2, 0.25) is 0 Å². The first-order valence-corrected chi connectivity index (χ1v) is 13.4. The van der Waals surface area contributed by atoms with E-state index in [1.807, 2.05) is 91.9 Å². The molecule has 34 heavy (non-hydrogen) atoms. The number of benzene rings is 3. The topological polar surface area (TPSA) is 49.4 Å². The lowest BCUT2D eigenvalue weighted by atomic mass is 10.0. The Kier molecular flexibility index (Phi) is 10.7. The Morgan fingerprint density at radius 3 is 2.21 bits per heavy atom. The Hall–Kier alpha value is -2.57. The van der Waals surface area contributed by atoms with Crippen LogP contribution in [-0.2, 0) is 22.6 Å². The number of amides is 2. The summed E-state index contributed by atoms with van der Waals surface area (Å²) in [6.45, 7) is 3.01. The van der Waals surface area contributed by atoms with Crippen molar-refractivity contribution in [1.82, 2.24) is 10.2 Å². The van der Waals surface area contributed by atoms with Crippen LogP contribution in [0.4, 0.5) is 0 Å². The number of carbonyl (C=O) groups is 2. The van der Waals surface area contributed by atoms with E-state index >= 15 is 0 Å². The molecular weight excluding hydrogens is 508 g/mol. The van der Waals surface area contributed by atoms with Gasteiger partial charge >= 0.3 is 0 Å². The van der Waals surface area contributed by atoms with E-state index in [1.54, 1.807) is 16.7 Å². The highest BCUT2D eigenvalue weighted by atomic mass is 79.9. The minimum atomic E-state index is -0.577. The number of hydrogen-bond donors (Lipinski definition) is 1. The fourth-order valence-corrected chi connectivity index (χ4v) is 4.75. The fraction of sp³-hybridized carbons (Fsp3) is 0.286. The SMILES string of the molecule is CCCNC(=O)[C@H](Cc1ccccc1)N(Cc1ccc(Br)cc1)C(=O)CCSc1ccccc1. The van der Waals surface area contributed by atoms with Gasteiger partial charge in [-0.1, -0.05) is 83.5 Å². The lowest BCUT2D eigenvalue weighted by Gasteiger charge is -2.31. The molecule has 0 saturated carbocycles. The molecule has 0 heterocycles. The summed E-state index contributed by atoms with van der Waals surface area (Å²) in [6.07, 6.45) is 1.69. The van der Waals surface area contributed by atoms with Gasteiger partial charge in [-0.25, -0.2) is 0 Å². The highest BCUT2D eigenvalue weighted by Gasteiger charge is 2.30. The molecule has 0 radical (unpaired) electrons. The van der Waals surface area contributed by atoms with Crippen molar-refractivity contribution in [3.05, 3.63) is 101 Å². The minimum absolute atomic E-state index is 0.0149. The summed E-state index contributed by atoms with van der Waals surface area (Å²) in [5.41, 5.74) is 2.03. The number of hydrogen-bond acceptors (Lipinski definition) is 3. The van der Waals surface area contributed by atoms with Crippen LogP contribution in [0.15, 0.2) is 94.3 Å². The van der Waals surface area contributed by atoms with Gasteiger partial charge in [0.2, 0.25) is 11.8 Å². The van der Waals surface area contributed by atoms with Crippen LogP contribution in [0.5, 0.6) is 0 Å². The van der Waals surface area contributed by atoms with Gasteiger partial charge in [0.1, 0.15) is 6.04 Å². The van der Waals surface area contributed by atoms with E-state index in [1.165, 1.54) is 0 Å². The molecule has 0 fully saturated rings. The van der Waals surface area contributed by atoms with Crippen molar-refractivity contribution in [2.45, 2.75) is 43.7 Å². The maximum absolute atomic E-state index is 13.5. The molecule has 3 rings (SSSR count). The number of nitrogens with zero attached hydrogens (tertiary/aromatic N) is 1. The molecule has 178 valence electrons. The normalized spacial score (nSPS) is 11.6. The largest absolute Gasteiger partial charge is 0.354 e. The maximum atomic E-state index is 13.5. The molecule has 6 heteroatoms. The second kappa shape index (κ2) is 14.0. The zero-order chi connectivity index (χ0) is 24.2. The van der Waals surface area contributed by atoms with Crippen molar-refractivity contribution in [2.75, 3.05) is 12.3 Å². The van der Waals surface area contributed by atoms with Crippen LogP contribution in [0.3, 0.4) is 0 Å². The number of halogens is 1. The van der Waals surface area contributed by atoms with Crippen molar-refractivity contribution in [2.24, 2.45) is 0 Å². The van der Waals surface area contributed by atoms with Gasteiger partial charge in [-0.2, -0.15) is 0 Å². The van der Waals surface area contributed by atoms with Crippen molar-refractivity contribution in [3.63, 3.8) is 0 Å². The van der Waals surface area contributed by atoms with Gasteiger partial charge in [0.25, 0.3) is 0 Å². The molecule has 3 aromatic rings. The number of rotatable bonds is 12. The summed E-state index contributed by atoms with van der Waals surface area (Å²) in [5, 5.41) is 3.02. The van der Waals surface area contributed by atoms with E-state index in [-0.39, 0.29) is 11.8 Å². The van der Waals surface area contributed by atoms with E-state index < -0.39 is 6.04 Å². The summed E-state index contributed by atoms with van der Waals surface area (Å²) in [5.74, 6) is 0.541. The number of nitrogens with one attached hydrogen (secondary N) is 1. The summed E-state index contributed by atoms with van der Waals surface area (Å²) in [4.78, 5) is 29.7. The Balaban J connectivity index is 1.82. The zero-order valence-electron chi connectivity index (χ0n) is 19.5. The number of thioether (sulfide) groups is 1. The van der Waals surface area contributed by atoms with Gasteiger partial charge in [0, 0.05) is 41.1 Å². The molecule has 0 bridgehead atoms. The molecule has 0 aliphatic heterocycles. The average Bonchev–Trinajstić information content (AvgIpc) is 2.87. The fourth-order valence-electron chi connectivity index (χ4n) is 3.62. The highest BCUT2D eigenvalue weighted by molar-refractivity contribution is 9.10. The molecule has 4 nitrogen and oxygen atoms in total. The predicted octanol–water partition coefficient (Wildman–Crippen LogP) is 6.10. The van der Waals surface area contributed by atoms with Crippen LogP contribution in [-0.4, -0.2) is 35.1 Å². The summed E-state index contributed by atoms with van der Waals surface area (Å²) in [6, 6.07) is 27.3. The monoisotopic (exact) mass is 538 g/mol. The molecule has 0 spiro atoms. The first kappa shape index (κ1) is 26.0. The van der Waals surface area contributed by atoms with E-state index in [9.17, 15) is 9.59 Å². The van der Waals surface area contributed by atoms with Gasteiger partial charge < -0.3 is 10.2 Å². The van der Waals surface area contributed by atoms with Gasteiger partial charge in [-0.05, 0) is 41.8 Å². The molecule has 0 unspecified atom stereocenters. The summed E-state index contributed by atoms with van der Waals surface area (Å²) in [7, 11) is 0. The van der Waals surface area contributed by atoms with Crippen molar-refractivity contribution in [1.29, 1.82) is 0 Å². The highest BCUT2D eigenvalue weighted by Crippen LogP contribution is 2.21. The third-order valence-electron chi connectivity index (χ3n) is 5.41. The smallest absolute Gasteiger partial charge is 0.243 e. The Morgan fingerprint density at radius 2 is 1.56 bits per heavy atom. The molecular formula is C28H31BrN2O2S. The van der Waals surface area contributed by atoms with E-state index in [4.69, 9.17) is 0 Å². The predicted molar refractivity (Wildman–Crippen MR) is 144 cm³/mol. The molecule has 0 aliphatic carbocycles. The molecule has 1 atom stereocenters.